The first-order chi connectivity index (χ1) is 13.0. The molecule has 1 N–H and O–H groups in total. The van der Waals surface area contributed by atoms with Crippen LogP contribution in [0.4, 0.5) is 4.79 Å². The van der Waals surface area contributed by atoms with Crippen molar-refractivity contribution in [3.8, 4) is 0 Å². The van der Waals surface area contributed by atoms with Crippen LogP contribution in [0.2, 0.25) is 0 Å². The highest BCUT2D eigenvalue weighted by molar-refractivity contribution is 5.99. The third-order valence-electron chi connectivity index (χ3n) is 6.07. The summed E-state index contributed by atoms with van der Waals surface area (Å²) in [5, 5.41) is 1.30. The van der Waals surface area contributed by atoms with Crippen molar-refractivity contribution in [2.24, 2.45) is 0 Å². The second kappa shape index (κ2) is 7.04. The number of benzene rings is 1. The molecule has 5 heteroatoms. The lowest BCUT2D eigenvalue weighted by Gasteiger charge is -2.41. The summed E-state index contributed by atoms with van der Waals surface area (Å²) in [4.78, 5) is 17.0. The molecule has 2 amide bonds. The number of nitrogens with zero attached hydrogens (tertiary/aromatic N) is 3. The van der Waals surface area contributed by atoms with Crippen molar-refractivity contribution in [2.75, 3.05) is 25.1 Å². The second-order valence-corrected chi connectivity index (χ2v) is 7.81. The van der Waals surface area contributed by atoms with Gasteiger partial charge in [0.05, 0.1) is 5.52 Å². The van der Waals surface area contributed by atoms with E-state index in [1.807, 2.05) is 18.5 Å². The summed E-state index contributed by atoms with van der Waals surface area (Å²) >= 11 is 0. The Balaban J connectivity index is 1.76. The molecule has 0 bridgehead atoms. The maximum Gasteiger partial charge on any atom is 0.336 e. The van der Waals surface area contributed by atoms with Crippen LogP contribution >= 0.6 is 0 Å². The third-order valence-corrected chi connectivity index (χ3v) is 6.07. The molecule has 1 aliphatic heterocycles. The number of aromatic nitrogens is 1. The van der Waals surface area contributed by atoms with Crippen LogP contribution in [0.15, 0.2) is 30.5 Å². The van der Waals surface area contributed by atoms with Crippen molar-refractivity contribution in [2.45, 2.75) is 52.6 Å². The van der Waals surface area contributed by atoms with Crippen molar-refractivity contribution in [3.05, 3.63) is 41.6 Å². The molecule has 1 aromatic carbocycles. The molecule has 2 aliphatic rings. The normalized spacial score (nSPS) is 19.1. The Hall–Kier alpha value is -2.27. The van der Waals surface area contributed by atoms with E-state index in [1.54, 1.807) is 4.90 Å². The molecule has 2 heterocycles. The summed E-state index contributed by atoms with van der Waals surface area (Å²) in [5.74, 6) is 0. The monoisotopic (exact) mass is 366 g/mol. The van der Waals surface area contributed by atoms with Gasteiger partial charge in [-0.25, -0.2) is 10.2 Å². The quantitative estimate of drug-likeness (QED) is 0.886. The van der Waals surface area contributed by atoms with Gasteiger partial charge in [-0.2, -0.15) is 0 Å². The van der Waals surface area contributed by atoms with E-state index in [0.717, 1.165) is 24.9 Å². The molecule has 2 aromatic rings. The van der Waals surface area contributed by atoms with Gasteiger partial charge in [0, 0.05) is 43.3 Å². The van der Waals surface area contributed by atoms with E-state index in [4.69, 9.17) is 0 Å². The molecule has 0 saturated carbocycles. The van der Waals surface area contributed by atoms with Gasteiger partial charge >= 0.3 is 6.03 Å². The number of carbonyl (C=O) groups is 1. The number of nitrogens with one attached hydrogen (secondary N) is 1. The smallest absolute Gasteiger partial charge is 0.324 e. The molecule has 1 atom stereocenters. The third kappa shape index (κ3) is 2.94. The number of fused-ring (bicyclic) bond motifs is 2. The van der Waals surface area contributed by atoms with E-state index < -0.39 is 0 Å². The zero-order valence-corrected chi connectivity index (χ0v) is 16.8. The summed E-state index contributed by atoms with van der Waals surface area (Å²) in [6, 6.07) is 7.38. The highest BCUT2D eigenvalue weighted by Gasteiger charge is 2.34. The Kier molecular flexibility index (Phi) is 4.72. The largest absolute Gasteiger partial charge is 0.336 e. The predicted octanol–water partition coefficient (Wildman–Crippen LogP) is 4.07. The standard InChI is InChI=1S/C22H30N4O/c1-5-24(6-2)22(27)23-26-14-16-13-20-17(10-8-12-25(20)15(3)4)18-9-7-11-19(26)21(16)18/h7,9-11,14-15,20H,5-6,8,12-13H2,1-4H3,(H,23,27)/t20-/m1/s1. The molecule has 0 fully saturated rings. The Morgan fingerprint density at radius 1 is 1.30 bits per heavy atom. The van der Waals surface area contributed by atoms with Crippen LogP contribution in [0, 0.1) is 0 Å². The van der Waals surface area contributed by atoms with E-state index in [0.29, 0.717) is 25.2 Å². The van der Waals surface area contributed by atoms with Gasteiger partial charge in [-0.3, -0.25) is 9.58 Å². The van der Waals surface area contributed by atoms with Crippen molar-refractivity contribution in [1.82, 2.24) is 14.5 Å². The first kappa shape index (κ1) is 18.1. The minimum Gasteiger partial charge on any atom is -0.324 e. The summed E-state index contributed by atoms with van der Waals surface area (Å²) in [5.41, 5.74) is 8.29. The van der Waals surface area contributed by atoms with Crippen LogP contribution < -0.4 is 5.43 Å². The second-order valence-electron chi connectivity index (χ2n) is 7.81. The van der Waals surface area contributed by atoms with Crippen LogP contribution in [0.3, 0.4) is 0 Å². The van der Waals surface area contributed by atoms with Crippen LogP contribution in [-0.2, 0) is 6.42 Å². The fourth-order valence-electron chi connectivity index (χ4n) is 4.72. The molecule has 27 heavy (non-hydrogen) atoms. The minimum atomic E-state index is -0.0476. The van der Waals surface area contributed by atoms with E-state index in [9.17, 15) is 4.79 Å². The van der Waals surface area contributed by atoms with E-state index in [1.165, 1.54) is 22.1 Å². The molecule has 5 nitrogen and oxygen atoms in total. The molecule has 0 saturated heterocycles. The average Bonchev–Trinajstić information content (AvgIpc) is 3.01. The zero-order chi connectivity index (χ0) is 19.1. The Bertz CT molecular complexity index is 891. The first-order valence-corrected chi connectivity index (χ1v) is 10.2. The summed E-state index contributed by atoms with van der Waals surface area (Å²) < 4.78 is 1.92. The average molecular weight is 367 g/mol. The van der Waals surface area contributed by atoms with E-state index in [-0.39, 0.29) is 6.03 Å². The van der Waals surface area contributed by atoms with Gasteiger partial charge in [-0.15, -0.1) is 0 Å². The first-order valence-electron chi connectivity index (χ1n) is 10.2. The van der Waals surface area contributed by atoms with E-state index >= 15 is 0 Å². The fourth-order valence-corrected chi connectivity index (χ4v) is 4.72. The number of hydrogen-bond donors (Lipinski definition) is 1. The number of rotatable bonds is 4. The molecular weight excluding hydrogens is 336 g/mol. The van der Waals surface area contributed by atoms with Gasteiger partial charge in [0.15, 0.2) is 0 Å². The summed E-state index contributed by atoms with van der Waals surface area (Å²) in [6.07, 6.45) is 6.66. The molecule has 4 rings (SSSR count). The SMILES string of the molecule is CCN(CC)C(=O)Nn1cc2c3c(cccc31)C1=CCCN(C(C)C)[C@@H]1C2. The van der Waals surface area contributed by atoms with E-state index in [2.05, 4.69) is 54.6 Å². The van der Waals surface area contributed by atoms with Crippen molar-refractivity contribution < 1.29 is 4.79 Å². The Labute approximate surface area is 161 Å². The Morgan fingerprint density at radius 2 is 2.07 bits per heavy atom. The van der Waals surface area contributed by atoms with Crippen molar-refractivity contribution in [1.29, 1.82) is 0 Å². The lowest BCUT2D eigenvalue weighted by Crippen LogP contribution is -2.45. The number of amides is 2. The Morgan fingerprint density at radius 3 is 2.78 bits per heavy atom. The zero-order valence-electron chi connectivity index (χ0n) is 16.8. The molecule has 0 unspecified atom stereocenters. The van der Waals surface area contributed by atoms with Crippen LogP contribution in [0.25, 0.3) is 16.5 Å². The van der Waals surface area contributed by atoms with Crippen molar-refractivity contribution in [3.63, 3.8) is 0 Å². The van der Waals surface area contributed by atoms with Gasteiger partial charge < -0.3 is 4.90 Å². The van der Waals surface area contributed by atoms with Crippen LogP contribution in [-0.4, -0.2) is 52.2 Å². The van der Waals surface area contributed by atoms with Gasteiger partial charge in [0.2, 0.25) is 0 Å². The molecule has 0 spiro atoms. The minimum absolute atomic E-state index is 0.0476. The molecule has 144 valence electrons. The van der Waals surface area contributed by atoms with Gasteiger partial charge in [0.25, 0.3) is 0 Å². The highest BCUT2D eigenvalue weighted by atomic mass is 16.2. The van der Waals surface area contributed by atoms with Gasteiger partial charge in [0.1, 0.15) is 0 Å². The van der Waals surface area contributed by atoms with Gasteiger partial charge in [-0.1, -0.05) is 18.2 Å². The maximum absolute atomic E-state index is 12.6. The van der Waals surface area contributed by atoms with Gasteiger partial charge in [-0.05, 0) is 63.3 Å². The summed E-state index contributed by atoms with van der Waals surface area (Å²) in [6.45, 7) is 11.1. The molecular formula is C22H30N4O. The molecule has 0 radical (unpaired) electrons. The van der Waals surface area contributed by atoms with Crippen molar-refractivity contribution >= 4 is 22.5 Å². The lowest BCUT2D eigenvalue weighted by molar-refractivity contribution is 0.182. The number of carbonyl (C=O) groups excluding carboxylic acids is 1. The lowest BCUT2D eigenvalue weighted by atomic mass is 9.81. The topological polar surface area (TPSA) is 40.5 Å². The van der Waals surface area contributed by atoms with Crippen LogP contribution in [0.1, 0.15) is 45.2 Å². The fraction of sp³-hybridized carbons (Fsp3) is 0.500. The molecule has 1 aromatic heterocycles. The summed E-state index contributed by atoms with van der Waals surface area (Å²) in [7, 11) is 0. The maximum atomic E-state index is 12.6. The number of urea groups is 1. The predicted molar refractivity (Wildman–Crippen MR) is 112 cm³/mol. The van der Waals surface area contributed by atoms with Crippen LogP contribution in [0.5, 0.6) is 0 Å². The highest BCUT2D eigenvalue weighted by Crippen LogP contribution is 2.41. The number of hydrogen-bond acceptors (Lipinski definition) is 2. The molecule has 1 aliphatic carbocycles.